The summed E-state index contributed by atoms with van der Waals surface area (Å²) >= 11 is 1.62. The first-order valence-corrected chi connectivity index (χ1v) is 25.7. The Balaban J connectivity index is 0. The molecule has 4 aromatic carbocycles. The van der Waals surface area contributed by atoms with Gasteiger partial charge in [0.2, 0.25) is 0 Å². The van der Waals surface area contributed by atoms with Crippen molar-refractivity contribution in [3.8, 4) is 0 Å². The second kappa shape index (κ2) is 32.1. The van der Waals surface area contributed by atoms with Crippen molar-refractivity contribution in [2.24, 2.45) is 0 Å². The molecule has 0 spiro atoms. The van der Waals surface area contributed by atoms with Crippen LogP contribution in [0.4, 0.5) is 0 Å². The molecule has 0 radical (unpaired) electrons. The van der Waals surface area contributed by atoms with Crippen LogP contribution in [0.25, 0.3) is 0 Å². The molecule has 0 atom stereocenters. The Morgan fingerprint density at radius 2 is 0.932 bits per heavy atom. The maximum absolute atomic E-state index is 11.6. The molecule has 4 aromatic rings. The molecule has 0 aromatic heterocycles. The Kier molecular flexibility index (Phi) is 31.9. The molecule has 2 N–H and O–H groups in total. The Morgan fingerprint density at radius 3 is 1.22 bits per heavy atom. The Morgan fingerprint density at radius 1 is 0.610 bits per heavy atom. The van der Waals surface area contributed by atoms with Crippen LogP contribution in [-0.4, -0.2) is 70.2 Å². The molecule has 6 nitrogen and oxygen atoms in total. The van der Waals surface area contributed by atoms with Gasteiger partial charge in [-0.1, -0.05) is 109 Å². The van der Waals surface area contributed by atoms with Gasteiger partial charge in [0.05, 0.1) is 45.1 Å². The van der Waals surface area contributed by atoms with Crippen molar-refractivity contribution in [1.82, 2.24) is 5.32 Å². The van der Waals surface area contributed by atoms with Gasteiger partial charge < -0.3 is 20.0 Å². The van der Waals surface area contributed by atoms with Crippen LogP contribution in [0.3, 0.4) is 0 Å². The summed E-state index contributed by atoms with van der Waals surface area (Å²) in [5, 5.41) is 14.3. The predicted octanol–water partition coefficient (Wildman–Crippen LogP) is 12.1. The molecule has 0 saturated carbocycles. The number of carbonyl (C=O) groups is 2. The third-order valence-electron chi connectivity index (χ3n) is 8.91. The van der Waals surface area contributed by atoms with Gasteiger partial charge in [0.25, 0.3) is 0 Å². The van der Waals surface area contributed by atoms with E-state index < -0.39 is 0 Å². The van der Waals surface area contributed by atoms with E-state index in [0.717, 1.165) is 23.0 Å². The van der Waals surface area contributed by atoms with Crippen molar-refractivity contribution in [1.29, 1.82) is 0 Å². The topological polar surface area (TPSA) is 92.7 Å². The van der Waals surface area contributed by atoms with E-state index in [1.807, 2.05) is 97.1 Å². The minimum atomic E-state index is -0.386. The van der Waals surface area contributed by atoms with Crippen LogP contribution in [0.5, 0.6) is 0 Å². The number of carbonyl (C=O) groups excluding carboxylic acids is 3. The van der Waals surface area contributed by atoms with Crippen LogP contribution in [-0.2, 0) is 40.1 Å². The van der Waals surface area contributed by atoms with Gasteiger partial charge in [-0.2, -0.15) is 0 Å². The van der Waals surface area contributed by atoms with Crippen molar-refractivity contribution in [2.45, 2.75) is 117 Å². The number of hydrogen-bond acceptors (Lipinski definition) is 6. The number of hydrogen-bond donors (Lipinski definition) is 2. The fourth-order valence-corrected chi connectivity index (χ4v) is 15.2. The molecule has 0 heterocycles. The summed E-state index contributed by atoms with van der Waals surface area (Å²) in [7, 11) is 3.84. The van der Waals surface area contributed by atoms with Gasteiger partial charge in [-0.3, -0.25) is 11.6 Å². The first-order valence-electron chi connectivity index (χ1n) is 19.9. The molecular formula is C49H75ClNO5P2Ru+3. The van der Waals surface area contributed by atoms with Crippen LogP contribution in [0, 0.1) is 0 Å². The Bertz CT molecular complexity index is 1550. The van der Waals surface area contributed by atoms with E-state index in [2.05, 4.69) is 105 Å². The molecule has 0 saturated heterocycles. The van der Waals surface area contributed by atoms with Gasteiger partial charge in [0.1, 0.15) is 12.9 Å². The van der Waals surface area contributed by atoms with Crippen molar-refractivity contribution in [3.05, 3.63) is 144 Å². The van der Waals surface area contributed by atoms with E-state index in [1.165, 1.54) is 25.4 Å². The number of halogens is 1. The zero-order chi connectivity index (χ0) is 45.5. The van der Waals surface area contributed by atoms with Gasteiger partial charge >= 0.3 is 33.0 Å². The zero-order valence-corrected chi connectivity index (χ0v) is 42.4. The fraction of sp³-hybridized carbons (Fsp3) is 0.449. The summed E-state index contributed by atoms with van der Waals surface area (Å²) in [5.41, 5.74) is 3.27. The molecule has 328 valence electrons. The summed E-state index contributed by atoms with van der Waals surface area (Å²) in [5.74, 6) is -0.288. The molecule has 10 heteroatoms. The molecule has 0 amide bonds. The third kappa shape index (κ3) is 28.5. The van der Waals surface area contributed by atoms with Gasteiger partial charge in [-0.15, -0.1) is 0 Å². The number of benzene rings is 4. The number of nitrogens with one attached hydrogen (secondary N) is 1. The van der Waals surface area contributed by atoms with E-state index in [-0.39, 0.29) is 28.4 Å². The molecule has 0 unspecified atom stereocenters. The SMILES string of the molecule is CC(C)(C)[PH+](CCNCC[PH+](C(C)(C)C)C(C)(C)C)C(C)(C)C.O=C(OCc1ccccc1)c1ccccc1.O=Cc1ccccc1.OCc1ccccc1.[CH-]=O.[Cl][RuH+2]. The number of ether oxygens (including phenoxy) is 1. The van der Waals surface area contributed by atoms with E-state index >= 15 is 0 Å². The van der Waals surface area contributed by atoms with Crippen molar-refractivity contribution in [2.75, 3.05) is 25.4 Å². The average molecular weight is 957 g/mol. The number of aldehydes is 1. The Hall–Kier alpha value is -2.62. The number of rotatable bonds is 11. The number of aliphatic hydroxyl groups is 1. The minimum absolute atomic E-state index is 0.140. The molecule has 59 heavy (non-hydrogen) atoms. The summed E-state index contributed by atoms with van der Waals surface area (Å²) in [4.78, 5) is 29.4. The van der Waals surface area contributed by atoms with Crippen LogP contribution in [0.1, 0.15) is 115 Å². The summed E-state index contributed by atoms with van der Waals surface area (Å²) in [6.07, 6.45) is 3.59. The molecule has 0 aliphatic heterocycles. The van der Waals surface area contributed by atoms with E-state index in [4.69, 9.17) is 14.6 Å². The van der Waals surface area contributed by atoms with Gasteiger partial charge in [0, 0.05) is 34.5 Å². The molecule has 4 rings (SSSR count). The van der Waals surface area contributed by atoms with E-state index in [9.17, 15) is 9.59 Å². The number of esters is 1. The van der Waals surface area contributed by atoms with Crippen molar-refractivity contribution >= 4 is 44.6 Å². The molecule has 0 bridgehead atoms. The monoisotopic (exact) mass is 956 g/mol. The van der Waals surface area contributed by atoms with Crippen molar-refractivity contribution < 1.29 is 41.5 Å². The second-order valence-electron chi connectivity index (χ2n) is 17.8. The fourth-order valence-electron chi connectivity index (χ4n) is 6.80. The number of aliphatic hydroxyl groups excluding tert-OH is 1. The first kappa shape index (κ1) is 58.5. The molecule has 0 fully saturated rings. The molecular weight excluding hydrogens is 881 g/mol. The van der Waals surface area contributed by atoms with E-state index in [1.54, 1.807) is 41.6 Å². The average Bonchev–Trinajstić information content (AvgIpc) is 3.21. The first-order chi connectivity index (χ1) is 27.7. The quantitative estimate of drug-likeness (QED) is 0.0389. The van der Waals surface area contributed by atoms with Gasteiger partial charge in [-0.25, -0.2) is 4.79 Å². The summed E-state index contributed by atoms with van der Waals surface area (Å²) in [6, 6.07) is 37.3. The van der Waals surface area contributed by atoms with Gasteiger partial charge in [0.15, 0.2) is 0 Å². The molecule has 0 aliphatic rings. The normalized spacial score (nSPS) is 11.0. The van der Waals surface area contributed by atoms with Crippen LogP contribution in [0.2, 0.25) is 0 Å². The van der Waals surface area contributed by atoms with Crippen LogP contribution >= 0.6 is 25.5 Å². The van der Waals surface area contributed by atoms with Crippen LogP contribution in [0.15, 0.2) is 121 Å². The zero-order valence-electron chi connectivity index (χ0n) is 37.8. The third-order valence-corrected chi connectivity index (χ3v) is 17.7. The van der Waals surface area contributed by atoms with E-state index in [0.29, 0.717) is 32.8 Å². The summed E-state index contributed by atoms with van der Waals surface area (Å²) < 4.78 is 5.18. The van der Waals surface area contributed by atoms with Crippen molar-refractivity contribution in [3.63, 3.8) is 0 Å². The molecule has 0 aliphatic carbocycles. The Labute approximate surface area is 375 Å². The second-order valence-corrected chi connectivity index (χ2v) is 26.7. The van der Waals surface area contributed by atoms with Gasteiger partial charge in [-0.05, 0) is 106 Å². The predicted molar refractivity (Wildman–Crippen MR) is 258 cm³/mol. The van der Waals surface area contributed by atoms with Crippen LogP contribution < -0.4 is 5.32 Å². The standard InChI is InChI=1S/C20H45NP2.C14H12O2.C7H8O.C7H6O.CHO.ClH.Ru.H/c1-17(2,3)22(18(4,5)6)15-13-21-14-16-23(19(7,8)9)20(10,11)12;15-14(13-9-5-2-6-10-13)16-11-12-7-3-1-4-8-12;2*8-6-7-4-2-1-3-5-7;1-2;;;/h21H,13-16H2,1-12H3;1-10H,11H2;1-5,8H,6H2;1-6H;1H;1H;;/q;;;;-1;;+3;/p+1. The summed E-state index contributed by atoms with van der Waals surface area (Å²) in [6.45, 7) is 35.4. The maximum atomic E-state index is 11.6.